The van der Waals surface area contributed by atoms with E-state index in [9.17, 15) is 0 Å². The fraction of sp³-hybridized carbons (Fsp3) is 0.444. The molecule has 25 heavy (non-hydrogen) atoms. The van der Waals surface area contributed by atoms with E-state index in [2.05, 4.69) is 55.8 Å². The van der Waals surface area contributed by atoms with Gasteiger partial charge in [0.2, 0.25) is 5.95 Å². The molecule has 3 rings (SSSR count). The molecule has 1 aromatic carbocycles. The Morgan fingerprint density at radius 1 is 1.12 bits per heavy atom. The third-order valence-corrected chi connectivity index (χ3v) is 4.35. The Labute approximate surface area is 148 Å². The summed E-state index contributed by atoms with van der Waals surface area (Å²) in [6.45, 7) is 3.61. The van der Waals surface area contributed by atoms with Gasteiger partial charge < -0.3 is 21.5 Å². The molecule has 2 aromatic rings. The van der Waals surface area contributed by atoms with E-state index in [0.29, 0.717) is 18.4 Å². The number of anilines is 3. The first-order chi connectivity index (χ1) is 12.2. The zero-order valence-electron chi connectivity index (χ0n) is 14.4. The zero-order chi connectivity index (χ0) is 17.5. The molecule has 0 amide bonds. The van der Waals surface area contributed by atoms with Crippen LogP contribution in [0.2, 0.25) is 0 Å². The van der Waals surface area contributed by atoms with Crippen LogP contribution in [0.25, 0.3) is 0 Å². The molecule has 5 N–H and O–H groups in total. The van der Waals surface area contributed by atoms with Crippen LogP contribution in [0.1, 0.15) is 18.4 Å². The Morgan fingerprint density at radius 2 is 1.84 bits per heavy atom. The van der Waals surface area contributed by atoms with Crippen LogP contribution in [-0.4, -0.2) is 52.3 Å². The lowest BCUT2D eigenvalue weighted by molar-refractivity contribution is 0.211. The lowest BCUT2D eigenvalue weighted by Gasteiger charge is -2.32. The van der Waals surface area contributed by atoms with Gasteiger partial charge in [-0.05, 0) is 18.4 Å². The van der Waals surface area contributed by atoms with Crippen molar-refractivity contribution in [3.63, 3.8) is 0 Å². The van der Waals surface area contributed by atoms with Gasteiger partial charge in [0.1, 0.15) is 11.6 Å². The standard InChI is InChI=1S/C18H26N6O/c19-18-22-16(20-8-11-25)12-17(23-18)21-15-6-9-24(10-7-15)13-14-4-2-1-3-5-14/h1-5,12,15,25H,6-11,13H2,(H4,19,20,21,22,23). The lowest BCUT2D eigenvalue weighted by atomic mass is 10.0. The minimum atomic E-state index is 0.0482. The van der Waals surface area contributed by atoms with E-state index in [-0.39, 0.29) is 12.6 Å². The molecule has 0 radical (unpaired) electrons. The molecule has 0 spiro atoms. The van der Waals surface area contributed by atoms with Crippen molar-refractivity contribution in [1.29, 1.82) is 0 Å². The summed E-state index contributed by atoms with van der Waals surface area (Å²) in [5, 5.41) is 15.4. The number of nitrogens with zero attached hydrogens (tertiary/aromatic N) is 3. The fourth-order valence-electron chi connectivity index (χ4n) is 3.10. The van der Waals surface area contributed by atoms with Crippen LogP contribution in [0.3, 0.4) is 0 Å². The van der Waals surface area contributed by atoms with Crippen molar-refractivity contribution in [3.05, 3.63) is 42.0 Å². The lowest BCUT2D eigenvalue weighted by Crippen LogP contribution is -2.38. The molecule has 0 aliphatic carbocycles. The molecule has 2 heterocycles. The predicted molar refractivity (Wildman–Crippen MR) is 100 cm³/mol. The van der Waals surface area contributed by atoms with Gasteiger partial charge in [-0.3, -0.25) is 4.90 Å². The Kier molecular flexibility index (Phi) is 6.03. The molecule has 0 bridgehead atoms. The van der Waals surface area contributed by atoms with E-state index < -0.39 is 0 Å². The molecule has 7 nitrogen and oxygen atoms in total. The summed E-state index contributed by atoms with van der Waals surface area (Å²) in [5.74, 6) is 1.59. The summed E-state index contributed by atoms with van der Waals surface area (Å²) in [7, 11) is 0. The highest BCUT2D eigenvalue weighted by atomic mass is 16.3. The van der Waals surface area contributed by atoms with E-state index in [1.807, 2.05) is 6.07 Å². The van der Waals surface area contributed by atoms with E-state index in [1.165, 1.54) is 5.56 Å². The van der Waals surface area contributed by atoms with Crippen LogP contribution in [0.4, 0.5) is 17.6 Å². The normalized spacial score (nSPS) is 15.9. The van der Waals surface area contributed by atoms with Crippen LogP contribution in [0, 0.1) is 0 Å². The predicted octanol–water partition coefficient (Wildman–Crippen LogP) is 1.54. The van der Waals surface area contributed by atoms with Crippen molar-refractivity contribution in [2.24, 2.45) is 0 Å². The van der Waals surface area contributed by atoms with E-state index in [0.717, 1.165) is 38.3 Å². The van der Waals surface area contributed by atoms with Crippen molar-refractivity contribution in [2.75, 3.05) is 42.6 Å². The number of aliphatic hydroxyl groups excluding tert-OH is 1. The number of likely N-dealkylation sites (tertiary alicyclic amines) is 1. The summed E-state index contributed by atoms with van der Waals surface area (Å²) in [5.41, 5.74) is 7.13. The summed E-state index contributed by atoms with van der Waals surface area (Å²) in [4.78, 5) is 10.9. The van der Waals surface area contributed by atoms with Crippen molar-refractivity contribution in [3.8, 4) is 0 Å². The molecule has 1 fully saturated rings. The zero-order valence-corrected chi connectivity index (χ0v) is 14.4. The number of hydrogen-bond acceptors (Lipinski definition) is 7. The van der Waals surface area contributed by atoms with E-state index in [4.69, 9.17) is 10.8 Å². The third-order valence-electron chi connectivity index (χ3n) is 4.35. The maximum atomic E-state index is 8.90. The molecule has 1 aliphatic rings. The van der Waals surface area contributed by atoms with Gasteiger partial charge in [0, 0.05) is 38.3 Å². The minimum absolute atomic E-state index is 0.0482. The van der Waals surface area contributed by atoms with Crippen LogP contribution in [0.5, 0.6) is 0 Å². The van der Waals surface area contributed by atoms with Gasteiger partial charge in [-0.25, -0.2) is 0 Å². The van der Waals surface area contributed by atoms with E-state index >= 15 is 0 Å². The second kappa shape index (κ2) is 8.64. The molecular formula is C18H26N6O. The fourth-order valence-corrected chi connectivity index (χ4v) is 3.10. The minimum Gasteiger partial charge on any atom is -0.395 e. The Morgan fingerprint density at radius 3 is 2.56 bits per heavy atom. The maximum absolute atomic E-state index is 8.90. The average molecular weight is 342 g/mol. The quantitative estimate of drug-likeness (QED) is 0.606. The van der Waals surface area contributed by atoms with Crippen molar-refractivity contribution >= 4 is 17.6 Å². The summed E-state index contributed by atoms with van der Waals surface area (Å²) in [6, 6.07) is 12.8. The topological polar surface area (TPSA) is 99.3 Å². The molecule has 1 aromatic heterocycles. The number of nitrogens with two attached hydrogens (primary N) is 1. The van der Waals surface area contributed by atoms with Gasteiger partial charge in [-0.15, -0.1) is 0 Å². The average Bonchev–Trinajstić information content (AvgIpc) is 2.62. The van der Waals surface area contributed by atoms with Crippen molar-refractivity contribution < 1.29 is 5.11 Å². The third kappa shape index (κ3) is 5.30. The number of nitrogen functional groups attached to an aromatic ring is 1. The number of hydrogen-bond donors (Lipinski definition) is 4. The van der Waals surface area contributed by atoms with Crippen LogP contribution >= 0.6 is 0 Å². The van der Waals surface area contributed by atoms with E-state index in [1.54, 1.807) is 0 Å². The maximum Gasteiger partial charge on any atom is 0.223 e. The monoisotopic (exact) mass is 342 g/mol. The number of aromatic nitrogens is 2. The summed E-state index contributed by atoms with van der Waals surface area (Å²) < 4.78 is 0. The first-order valence-electron chi connectivity index (χ1n) is 8.75. The smallest absolute Gasteiger partial charge is 0.223 e. The SMILES string of the molecule is Nc1nc(NCCO)cc(NC2CCN(Cc3ccccc3)CC2)n1. The van der Waals surface area contributed by atoms with Crippen LogP contribution in [-0.2, 0) is 6.54 Å². The Hall–Kier alpha value is -2.38. The Bertz CT molecular complexity index is 658. The highest BCUT2D eigenvalue weighted by molar-refractivity contribution is 5.51. The highest BCUT2D eigenvalue weighted by Gasteiger charge is 2.19. The number of rotatable bonds is 7. The molecule has 1 aliphatic heterocycles. The van der Waals surface area contributed by atoms with Gasteiger partial charge in [0.25, 0.3) is 0 Å². The van der Waals surface area contributed by atoms with Crippen LogP contribution < -0.4 is 16.4 Å². The number of benzene rings is 1. The Balaban J connectivity index is 1.51. The van der Waals surface area contributed by atoms with Crippen LogP contribution in [0.15, 0.2) is 36.4 Å². The molecule has 7 heteroatoms. The van der Waals surface area contributed by atoms with Crippen molar-refractivity contribution in [1.82, 2.24) is 14.9 Å². The molecule has 0 unspecified atom stereocenters. The van der Waals surface area contributed by atoms with Gasteiger partial charge in [0.15, 0.2) is 0 Å². The first-order valence-corrected chi connectivity index (χ1v) is 8.75. The molecule has 0 atom stereocenters. The van der Waals surface area contributed by atoms with Gasteiger partial charge in [0.05, 0.1) is 6.61 Å². The van der Waals surface area contributed by atoms with Gasteiger partial charge >= 0.3 is 0 Å². The second-order valence-corrected chi connectivity index (χ2v) is 6.33. The number of piperidine rings is 1. The molecular weight excluding hydrogens is 316 g/mol. The summed E-state index contributed by atoms with van der Waals surface area (Å²) >= 11 is 0. The summed E-state index contributed by atoms with van der Waals surface area (Å²) in [6.07, 6.45) is 2.13. The second-order valence-electron chi connectivity index (χ2n) is 6.33. The number of nitrogens with one attached hydrogen (secondary N) is 2. The van der Waals surface area contributed by atoms with Crippen molar-refractivity contribution in [2.45, 2.75) is 25.4 Å². The molecule has 1 saturated heterocycles. The first kappa shape index (κ1) is 17.4. The van der Waals surface area contributed by atoms with Gasteiger partial charge in [-0.2, -0.15) is 9.97 Å². The molecule has 0 saturated carbocycles. The van der Waals surface area contributed by atoms with Gasteiger partial charge in [-0.1, -0.05) is 30.3 Å². The highest BCUT2D eigenvalue weighted by Crippen LogP contribution is 2.19. The number of aliphatic hydroxyl groups is 1. The largest absolute Gasteiger partial charge is 0.395 e. The molecule has 134 valence electrons.